The number of ether oxygens (including phenoxy) is 1. The summed E-state index contributed by atoms with van der Waals surface area (Å²) in [5.74, 6) is -0.185. The Kier molecular flexibility index (Phi) is 4.23. The molecule has 0 unspecified atom stereocenters. The molecule has 3 aliphatic rings. The normalized spacial score (nSPS) is 27.4. The molecule has 6 heteroatoms. The summed E-state index contributed by atoms with van der Waals surface area (Å²) in [5, 5.41) is 0. The lowest BCUT2D eigenvalue weighted by Crippen LogP contribution is -2.32. The van der Waals surface area contributed by atoms with Gasteiger partial charge in [-0.05, 0) is 67.5 Å². The molecule has 0 aromatic heterocycles. The summed E-state index contributed by atoms with van der Waals surface area (Å²) in [6.07, 6.45) is 3.07. The first-order valence-electron chi connectivity index (χ1n) is 9.92. The molecule has 1 saturated heterocycles. The second-order valence-electron chi connectivity index (χ2n) is 8.11. The number of carbonyl (C=O) groups excluding carboxylic acids is 3. The van der Waals surface area contributed by atoms with Gasteiger partial charge in [-0.3, -0.25) is 14.4 Å². The van der Waals surface area contributed by atoms with E-state index in [0.717, 1.165) is 19.3 Å². The number of rotatable bonds is 5. The highest BCUT2D eigenvalue weighted by Crippen LogP contribution is 2.56. The second kappa shape index (κ2) is 6.79. The first-order valence-corrected chi connectivity index (χ1v) is 9.92. The van der Waals surface area contributed by atoms with Gasteiger partial charge in [0, 0.05) is 11.6 Å². The van der Waals surface area contributed by atoms with Crippen molar-refractivity contribution in [3.05, 3.63) is 59.9 Å². The first-order chi connectivity index (χ1) is 14.0. The molecule has 3 fully saturated rings. The Balaban J connectivity index is 1.31. The molecule has 5 rings (SSSR count). The van der Waals surface area contributed by atoms with Crippen LogP contribution >= 0.6 is 0 Å². The fourth-order valence-electron chi connectivity index (χ4n) is 5.24. The van der Waals surface area contributed by atoms with Crippen LogP contribution in [0.3, 0.4) is 0 Å². The number of anilines is 1. The number of hydrogen-bond donors (Lipinski definition) is 0. The van der Waals surface area contributed by atoms with Crippen LogP contribution in [-0.2, 0) is 9.59 Å². The molecule has 2 aromatic rings. The number of hydrogen-bond acceptors (Lipinski definition) is 4. The third kappa shape index (κ3) is 2.94. The summed E-state index contributed by atoms with van der Waals surface area (Å²) in [6.45, 7) is -0.216. The zero-order chi connectivity index (χ0) is 20.1. The number of ketones is 1. The molecule has 4 atom stereocenters. The average molecular weight is 393 g/mol. The number of benzene rings is 2. The van der Waals surface area contributed by atoms with E-state index in [1.54, 1.807) is 24.3 Å². The number of halogens is 1. The Morgan fingerprint density at radius 1 is 1.00 bits per heavy atom. The van der Waals surface area contributed by atoms with E-state index in [1.807, 2.05) is 0 Å². The third-order valence-electron chi connectivity index (χ3n) is 6.54. The molecule has 1 aliphatic heterocycles. The summed E-state index contributed by atoms with van der Waals surface area (Å²) >= 11 is 0. The van der Waals surface area contributed by atoms with Crippen molar-refractivity contribution in [2.45, 2.75) is 19.3 Å². The van der Waals surface area contributed by atoms with Crippen LogP contribution in [0.15, 0.2) is 48.5 Å². The molecule has 2 aromatic carbocycles. The van der Waals surface area contributed by atoms with Crippen molar-refractivity contribution in [2.75, 3.05) is 11.5 Å². The maximum Gasteiger partial charge on any atom is 0.237 e. The highest BCUT2D eigenvalue weighted by Gasteiger charge is 2.61. The predicted octanol–water partition coefficient (Wildman–Crippen LogP) is 3.62. The van der Waals surface area contributed by atoms with Gasteiger partial charge in [0.25, 0.3) is 0 Å². The highest BCUT2D eigenvalue weighted by atomic mass is 19.1. The summed E-state index contributed by atoms with van der Waals surface area (Å²) in [7, 11) is 0. The summed E-state index contributed by atoms with van der Waals surface area (Å²) in [4.78, 5) is 39.4. The maximum absolute atomic E-state index is 13.0. The van der Waals surface area contributed by atoms with Crippen LogP contribution in [0.1, 0.15) is 29.6 Å². The lowest BCUT2D eigenvalue weighted by atomic mass is 9.81. The van der Waals surface area contributed by atoms with Gasteiger partial charge in [-0.2, -0.15) is 0 Å². The minimum Gasteiger partial charge on any atom is -0.485 e. The maximum atomic E-state index is 13.0. The SMILES string of the molecule is O=C(COc1cccc(N2C(=O)[C@H]3[C@H]4CC[C@@H](C4)[C@@H]3C2=O)c1)c1ccc(F)cc1. The van der Waals surface area contributed by atoms with Crippen LogP contribution in [0.5, 0.6) is 5.75 Å². The van der Waals surface area contributed by atoms with Crippen LogP contribution in [0.4, 0.5) is 10.1 Å². The summed E-state index contributed by atoms with van der Waals surface area (Å²) in [5.41, 5.74) is 0.844. The molecule has 5 nitrogen and oxygen atoms in total. The Morgan fingerprint density at radius 3 is 2.31 bits per heavy atom. The van der Waals surface area contributed by atoms with Gasteiger partial charge >= 0.3 is 0 Å². The number of carbonyl (C=O) groups is 3. The minimum absolute atomic E-state index is 0.105. The van der Waals surface area contributed by atoms with Crippen LogP contribution < -0.4 is 9.64 Å². The molecule has 148 valence electrons. The van der Waals surface area contributed by atoms with Gasteiger partial charge in [-0.15, -0.1) is 0 Å². The number of Topliss-reactive ketones (excluding diaryl/α,β-unsaturated/α-hetero) is 1. The van der Waals surface area contributed by atoms with Crippen molar-refractivity contribution in [1.82, 2.24) is 0 Å². The lowest BCUT2D eigenvalue weighted by molar-refractivity contribution is -0.123. The number of amides is 2. The van der Waals surface area contributed by atoms with Gasteiger partial charge < -0.3 is 4.74 Å². The van der Waals surface area contributed by atoms with Gasteiger partial charge in [0.1, 0.15) is 11.6 Å². The molecule has 2 bridgehead atoms. The van der Waals surface area contributed by atoms with Gasteiger partial charge in [0.05, 0.1) is 17.5 Å². The largest absolute Gasteiger partial charge is 0.485 e. The summed E-state index contributed by atoms with van der Waals surface area (Å²) in [6, 6.07) is 12.0. The summed E-state index contributed by atoms with van der Waals surface area (Å²) < 4.78 is 18.6. The zero-order valence-electron chi connectivity index (χ0n) is 15.7. The molecule has 29 heavy (non-hydrogen) atoms. The Labute approximate surface area is 167 Å². The smallest absolute Gasteiger partial charge is 0.237 e. The fraction of sp³-hybridized carbons (Fsp3) is 0.348. The van der Waals surface area contributed by atoms with Crippen molar-refractivity contribution in [3.8, 4) is 5.75 Å². The standard InChI is InChI=1S/C23H20FNO4/c24-16-8-6-13(7-9-16)19(26)12-29-18-3-1-2-17(11-18)25-22(27)20-14-4-5-15(10-14)21(20)23(25)28/h1-3,6-9,11,14-15,20-21H,4-5,10,12H2/t14-,15-,20-,21-/m0/s1. The molecular formula is C23H20FNO4. The minimum atomic E-state index is -0.409. The van der Waals surface area contributed by atoms with E-state index in [2.05, 4.69) is 0 Å². The molecule has 2 saturated carbocycles. The lowest BCUT2D eigenvalue weighted by Gasteiger charge is -2.19. The molecule has 2 aliphatic carbocycles. The van der Waals surface area contributed by atoms with Crippen molar-refractivity contribution in [3.63, 3.8) is 0 Å². The van der Waals surface area contributed by atoms with E-state index in [-0.39, 0.29) is 36.0 Å². The molecular weight excluding hydrogens is 373 g/mol. The molecule has 0 radical (unpaired) electrons. The predicted molar refractivity (Wildman–Crippen MR) is 103 cm³/mol. The van der Waals surface area contributed by atoms with Crippen molar-refractivity contribution >= 4 is 23.3 Å². The van der Waals surface area contributed by atoms with E-state index < -0.39 is 5.82 Å². The number of nitrogens with zero attached hydrogens (tertiary/aromatic N) is 1. The molecule has 0 N–H and O–H groups in total. The van der Waals surface area contributed by atoms with Crippen molar-refractivity contribution in [1.29, 1.82) is 0 Å². The quantitative estimate of drug-likeness (QED) is 0.575. The monoisotopic (exact) mass is 393 g/mol. The molecule has 0 spiro atoms. The van der Waals surface area contributed by atoms with Crippen LogP contribution in [0.25, 0.3) is 0 Å². The Hall–Kier alpha value is -3.02. The third-order valence-corrected chi connectivity index (χ3v) is 6.54. The Morgan fingerprint density at radius 2 is 1.66 bits per heavy atom. The molecule has 1 heterocycles. The topological polar surface area (TPSA) is 63.7 Å². The van der Waals surface area contributed by atoms with Crippen LogP contribution in [0.2, 0.25) is 0 Å². The van der Waals surface area contributed by atoms with Crippen LogP contribution in [0, 0.1) is 29.5 Å². The average Bonchev–Trinajstić information content (AvgIpc) is 3.41. The van der Waals surface area contributed by atoms with E-state index in [0.29, 0.717) is 28.8 Å². The van der Waals surface area contributed by atoms with E-state index in [4.69, 9.17) is 4.74 Å². The van der Waals surface area contributed by atoms with Gasteiger partial charge in [0.2, 0.25) is 11.8 Å². The van der Waals surface area contributed by atoms with E-state index in [9.17, 15) is 18.8 Å². The molecule has 2 amide bonds. The second-order valence-corrected chi connectivity index (χ2v) is 8.11. The van der Waals surface area contributed by atoms with Crippen molar-refractivity contribution < 1.29 is 23.5 Å². The van der Waals surface area contributed by atoms with Gasteiger partial charge in [-0.25, -0.2) is 9.29 Å². The van der Waals surface area contributed by atoms with E-state index in [1.165, 1.54) is 29.2 Å². The number of fused-ring (bicyclic) bond motifs is 5. The van der Waals surface area contributed by atoms with Gasteiger partial charge in [0.15, 0.2) is 12.4 Å². The first kappa shape index (κ1) is 18.0. The van der Waals surface area contributed by atoms with E-state index >= 15 is 0 Å². The van der Waals surface area contributed by atoms with Crippen LogP contribution in [-0.4, -0.2) is 24.2 Å². The number of imide groups is 1. The van der Waals surface area contributed by atoms with Crippen molar-refractivity contribution in [2.24, 2.45) is 23.7 Å². The fourth-order valence-corrected chi connectivity index (χ4v) is 5.24. The van der Waals surface area contributed by atoms with Gasteiger partial charge in [-0.1, -0.05) is 6.07 Å². The zero-order valence-corrected chi connectivity index (χ0v) is 15.7. The Bertz CT molecular complexity index is 974. The highest BCUT2D eigenvalue weighted by molar-refractivity contribution is 6.22.